The number of hydrogen-bond acceptors (Lipinski definition) is 2. The van der Waals surface area contributed by atoms with Crippen LogP contribution in [0, 0.1) is 0 Å². The summed E-state index contributed by atoms with van der Waals surface area (Å²) in [6, 6.07) is 1.71. The van der Waals surface area contributed by atoms with Gasteiger partial charge in [-0.15, -0.1) is 0 Å². The van der Waals surface area contributed by atoms with E-state index in [-0.39, 0.29) is 0 Å². The molecule has 0 aromatic carbocycles. The molecule has 2 nitrogen and oxygen atoms in total. The molecule has 0 unspecified atom stereocenters. The highest BCUT2D eigenvalue weighted by Gasteiger charge is 2.28. The number of nitrogens with zero attached hydrogens (tertiary/aromatic N) is 1. The van der Waals surface area contributed by atoms with Crippen molar-refractivity contribution in [2.75, 3.05) is 19.6 Å². The Hall–Kier alpha value is -0.0800. The van der Waals surface area contributed by atoms with Gasteiger partial charge in [0.2, 0.25) is 0 Å². The predicted octanol–water partition coefficient (Wildman–Crippen LogP) is 1.22. The summed E-state index contributed by atoms with van der Waals surface area (Å²) in [4.78, 5) is 2.69. The standard InChI is InChI=1S/C10H20N2/c1-2-9-8-12(7-6-11-9)10-4-3-5-10/h9-11H,2-8H2,1H3/t9-/m0/s1. The van der Waals surface area contributed by atoms with Gasteiger partial charge in [0.1, 0.15) is 0 Å². The molecule has 2 rings (SSSR count). The van der Waals surface area contributed by atoms with E-state index in [0.717, 1.165) is 12.1 Å². The maximum atomic E-state index is 3.56. The van der Waals surface area contributed by atoms with E-state index in [4.69, 9.17) is 0 Å². The SMILES string of the molecule is CC[C@H]1CN(C2CCC2)CCN1. The Kier molecular flexibility index (Phi) is 2.66. The molecule has 2 heteroatoms. The number of hydrogen-bond donors (Lipinski definition) is 1. The van der Waals surface area contributed by atoms with Crippen LogP contribution in [0.3, 0.4) is 0 Å². The third-order valence-corrected chi connectivity index (χ3v) is 3.37. The summed E-state index contributed by atoms with van der Waals surface area (Å²) in [5, 5.41) is 3.56. The maximum Gasteiger partial charge on any atom is 0.0193 e. The van der Waals surface area contributed by atoms with Crippen LogP contribution in [0.2, 0.25) is 0 Å². The lowest BCUT2D eigenvalue weighted by Gasteiger charge is -2.42. The molecule has 1 saturated heterocycles. The van der Waals surface area contributed by atoms with Crippen molar-refractivity contribution in [1.82, 2.24) is 10.2 Å². The minimum Gasteiger partial charge on any atom is -0.311 e. The van der Waals surface area contributed by atoms with Gasteiger partial charge in [-0.1, -0.05) is 13.3 Å². The minimum absolute atomic E-state index is 0.763. The minimum atomic E-state index is 0.763. The average molecular weight is 168 g/mol. The van der Waals surface area contributed by atoms with Crippen molar-refractivity contribution in [3.8, 4) is 0 Å². The Bertz CT molecular complexity index is 143. The summed E-state index contributed by atoms with van der Waals surface area (Å²) in [6.07, 6.45) is 5.65. The van der Waals surface area contributed by atoms with Crippen molar-refractivity contribution in [1.29, 1.82) is 0 Å². The summed E-state index contributed by atoms with van der Waals surface area (Å²) < 4.78 is 0. The molecule has 1 aliphatic heterocycles. The molecule has 1 heterocycles. The third-order valence-electron chi connectivity index (χ3n) is 3.37. The van der Waals surface area contributed by atoms with E-state index in [1.165, 1.54) is 45.3 Å². The summed E-state index contributed by atoms with van der Waals surface area (Å²) in [7, 11) is 0. The fourth-order valence-electron chi connectivity index (χ4n) is 2.21. The molecule has 0 spiro atoms. The fraction of sp³-hybridized carbons (Fsp3) is 1.00. The summed E-state index contributed by atoms with van der Waals surface area (Å²) in [5.74, 6) is 0. The third kappa shape index (κ3) is 1.64. The normalized spacial score (nSPS) is 33.2. The topological polar surface area (TPSA) is 15.3 Å². The molecule has 12 heavy (non-hydrogen) atoms. The van der Waals surface area contributed by atoms with Gasteiger partial charge in [-0.25, -0.2) is 0 Å². The Balaban J connectivity index is 1.81. The maximum absolute atomic E-state index is 3.56. The monoisotopic (exact) mass is 168 g/mol. The lowest BCUT2D eigenvalue weighted by Crippen LogP contribution is -2.55. The van der Waals surface area contributed by atoms with Crippen LogP contribution >= 0.6 is 0 Å². The Morgan fingerprint density at radius 1 is 1.42 bits per heavy atom. The zero-order valence-electron chi connectivity index (χ0n) is 8.05. The molecule has 0 amide bonds. The lowest BCUT2D eigenvalue weighted by molar-refractivity contribution is 0.0911. The molecule has 2 aliphatic rings. The van der Waals surface area contributed by atoms with Gasteiger partial charge < -0.3 is 5.32 Å². The van der Waals surface area contributed by atoms with Crippen LogP contribution in [-0.2, 0) is 0 Å². The van der Waals surface area contributed by atoms with E-state index >= 15 is 0 Å². The molecule has 70 valence electrons. The van der Waals surface area contributed by atoms with Gasteiger partial charge in [-0.05, 0) is 19.3 Å². The quantitative estimate of drug-likeness (QED) is 0.667. The molecule has 0 aromatic heterocycles. The predicted molar refractivity (Wildman–Crippen MR) is 51.3 cm³/mol. The second-order valence-electron chi connectivity index (χ2n) is 4.14. The second kappa shape index (κ2) is 3.75. The van der Waals surface area contributed by atoms with E-state index in [1.54, 1.807) is 0 Å². The van der Waals surface area contributed by atoms with E-state index in [9.17, 15) is 0 Å². The molecule has 0 radical (unpaired) electrons. The summed E-state index contributed by atoms with van der Waals surface area (Å²) in [6.45, 7) is 6.05. The molecule has 1 saturated carbocycles. The van der Waals surface area contributed by atoms with Crippen LogP contribution in [0.25, 0.3) is 0 Å². The molecule has 2 fully saturated rings. The second-order valence-corrected chi connectivity index (χ2v) is 4.14. The van der Waals surface area contributed by atoms with Crippen LogP contribution < -0.4 is 5.32 Å². The van der Waals surface area contributed by atoms with Crippen LogP contribution in [0.15, 0.2) is 0 Å². The van der Waals surface area contributed by atoms with Gasteiger partial charge >= 0.3 is 0 Å². The van der Waals surface area contributed by atoms with Crippen molar-refractivity contribution in [2.45, 2.75) is 44.7 Å². The zero-order valence-corrected chi connectivity index (χ0v) is 8.05. The largest absolute Gasteiger partial charge is 0.311 e. The highest BCUT2D eigenvalue weighted by molar-refractivity contribution is 4.86. The summed E-state index contributed by atoms with van der Waals surface area (Å²) in [5.41, 5.74) is 0. The highest BCUT2D eigenvalue weighted by atomic mass is 15.2. The zero-order chi connectivity index (χ0) is 8.39. The van der Waals surface area contributed by atoms with E-state index in [1.807, 2.05) is 0 Å². The average Bonchev–Trinajstić information content (AvgIpc) is 2.02. The van der Waals surface area contributed by atoms with Gasteiger partial charge in [0.15, 0.2) is 0 Å². The Labute approximate surface area is 75.3 Å². The Morgan fingerprint density at radius 2 is 2.25 bits per heavy atom. The first-order valence-electron chi connectivity index (χ1n) is 5.37. The first-order chi connectivity index (χ1) is 5.90. The lowest BCUT2D eigenvalue weighted by atomic mass is 9.90. The van der Waals surface area contributed by atoms with Crippen molar-refractivity contribution in [3.05, 3.63) is 0 Å². The van der Waals surface area contributed by atoms with Crippen LogP contribution in [0.1, 0.15) is 32.6 Å². The molecule has 1 N–H and O–H groups in total. The first-order valence-corrected chi connectivity index (χ1v) is 5.37. The van der Waals surface area contributed by atoms with Gasteiger partial charge in [-0.3, -0.25) is 4.90 Å². The van der Waals surface area contributed by atoms with E-state index < -0.39 is 0 Å². The van der Waals surface area contributed by atoms with E-state index in [2.05, 4.69) is 17.1 Å². The molecular weight excluding hydrogens is 148 g/mol. The van der Waals surface area contributed by atoms with Gasteiger partial charge in [-0.2, -0.15) is 0 Å². The van der Waals surface area contributed by atoms with Crippen LogP contribution in [0.5, 0.6) is 0 Å². The van der Waals surface area contributed by atoms with Gasteiger partial charge in [0.25, 0.3) is 0 Å². The fourth-order valence-corrected chi connectivity index (χ4v) is 2.21. The van der Waals surface area contributed by atoms with Crippen LogP contribution in [0.4, 0.5) is 0 Å². The molecule has 0 bridgehead atoms. The van der Waals surface area contributed by atoms with E-state index in [0.29, 0.717) is 0 Å². The van der Waals surface area contributed by atoms with Crippen molar-refractivity contribution >= 4 is 0 Å². The number of nitrogens with one attached hydrogen (secondary N) is 1. The number of rotatable bonds is 2. The van der Waals surface area contributed by atoms with Crippen LogP contribution in [-0.4, -0.2) is 36.6 Å². The first kappa shape index (κ1) is 8.52. The van der Waals surface area contributed by atoms with Gasteiger partial charge in [0, 0.05) is 31.7 Å². The van der Waals surface area contributed by atoms with Gasteiger partial charge in [0.05, 0.1) is 0 Å². The Morgan fingerprint density at radius 3 is 2.83 bits per heavy atom. The molecule has 1 aliphatic carbocycles. The summed E-state index contributed by atoms with van der Waals surface area (Å²) >= 11 is 0. The van der Waals surface area contributed by atoms with Crippen molar-refractivity contribution < 1.29 is 0 Å². The van der Waals surface area contributed by atoms with Crippen molar-refractivity contribution in [2.24, 2.45) is 0 Å². The van der Waals surface area contributed by atoms with Crippen molar-refractivity contribution in [3.63, 3.8) is 0 Å². The molecule has 0 aromatic rings. The highest BCUT2D eigenvalue weighted by Crippen LogP contribution is 2.25. The number of piperazine rings is 1. The smallest absolute Gasteiger partial charge is 0.0193 e. The molecular formula is C10H20N2. The molecule has 1 atom stereocenters.